The molecule has 0 bridgehead atoms. The van der Waals surface area contributed by atoms with Crippen molar-refractivity contribution < 1.29 is 9.53 Å². The Hall–Kier alpha value is -0.790. The minimum atomic E-state index is 0.0240. The average molecular weight is 180 g/mol. The Labute approximate surface area is 79.0 Å². The second-order valence-corrected chi connectivity index (χ2v) is 4.35. The molecule has 0 spiro atoms. The van der Waals surface area contributed by atoms with E-state index in [4.69, 9.17) is 4.74 Å². The molecular weight excluding hydrogens is 164 g/mol. The molecule has 13 heavy (non-hydrogen) atoms. The highest BCUT2D eigenvalue weighted by atomic mass is 16.5. The topological polar surface area (TPSA) is 26.3 Å². The van der Waals surface area contributed by atoms with E-state index >= 15 is 0 Å². The van der Waals surface area contributed by atoms with Crippen molar-refractivity contribution in [1.29, 1.82) is 0 Å². The van der Waals surface area contributed by atoms with Crippen LogP contribution >= 0.6 is 0 Å². The van der Waals surface area contributed by atoms with Gasteiger partial charge in [0.05, 0.1) is 12.5 Å². The van der Waals surface area contributed by atoms with Gasteiger partial charge in [-0.25, -0.2) is 0 Å². The number of carbonyl (C=O) groups excluding carboxylic acids is 1. The molecule has 2 nitrogen and oxygen atoms in total. The van der Waals surface area contributed by atoms with Crippen LogP contribution in [0.1, 0.15) is 26.2 Å². The van der Waals surface area contributed by atoms with Crippen LogP contribution in [0.5, 0.6) is 0 Å². The molecule has 3 atom stereocenters. The van der Waals surface area contributed by atoms with Crippen LogP contribution in [-0.2, 0) is 9.53 Å². The summed E-state index contributed by atoms with van der Waals surface area (Å²) in [6.07, 6.45) is 3.29. The fourth-order valence-electron chi connectivity index (χ4n) is 2.47. The van der Waals surface area contributed by atoms with Crippen molar-refractivity contribution in [2.24, 2.45) is 17.8 Å². The van der Waals surface area contributed by atoms with Gasteiger partial charge < -0.3 is 4.74 Å². The molecule has 1 saturated heterocycles. The summed E-state index contributed by atoms with van der Waals surface area (Å²) < 4.78 is 5.06. The SMILES string of the molecule is C=C(C)[C@H]1CC[C@@H]2COC(=O)[C@@H]2C1. The van der Waals surface area contributed by atoms with Gasteiger partial charge >= 0.3 is 5.97 Å². The second-order valence-electron chi connectivity index (χ2n) is 4.35. The highest BCUT2D eigenvalue weighted by molar-refractivity contribution is 5.74. The number of fused-ring (bicyclic) bond motifs is 1. The van der Waals surface area contributed by atoms with Gasteiger partial charge in [0.2, 0.25) is 0 Å². The third-order valence-electron chi connectivity index (χ3n) is 3.43. The molecule has 0 N–H and O–H groups in total. The van der Waals surface area contributed by atoms with Crippen LogP contribution in [0.4, 0.5) is 0 Å². The Morgan fingerprint density at radius 2 is 2.31 bits per heavy atom. The van der Waals surface area contributed by atoms with E-state index in [-0.39, 0.29) is 11.9 Å². The molecule has 1 aliphatic carbocycles. The number of carbonyl (C=O) groups is 1. The maximum Gasteiger partial charge on any atom is 0.309 e. The van der Waals surface area contributed by atoms with Gasteiger partial charge in [-0.1, -0.05) is 12.2 Å². The fraction of sp³-hybridized carbons (Fsp3) is 0.727. The van der Waals surface area contributed by atoms with Gasteiger partial charge in [-0.05, 0) is 32.1 Å². The normalized spacial score (nSPS) is 38.2. The predicted molar refractivity (Wildman–Crippen MR) is 50.1 cm³/mol. The van der Waals surface area contributed by atoms with Crippen LogP contribution in [0.15, 0.2) is 12.2 Å². The molecule has 1 heterocycles. The highest BCUT2D eigenvalue weighted by Crippen LogP contribution is 2.40. The van der Waals surface area contributed by atoms with Crippen molar-refractivity contribution >= 4 is 5.97 Å². The first-order valence-corrected chi connectivity index (χ1v) is 5.00. The van der Waals surface area contributed by atoms with Crippen LogP contribution < -0.4 is 0 Å². The first kappa shape index (κ1) is 8.79. The van der Waals surface area contributed by atoms with E-state index in [2.05, 4.69) is 13.5 Å². The smallest absolute Gasteiger partial charge is 0.309 e. The van der Waals surface area contributed by atoms with Crippen LogP contribution in [-0.4, -0.2) is 12.6 Å². The summed E-state index contributed by atoms with van der Waals surface area (Å²) >= 11 is 0. The second kappa shape index (κ2) is 3.17. The lowest BCUT2D eigenvalue weighted by molar-refractivity contribution is -0.141. The van der Waals surface area contributed by atoms with E-state index in [0.29, 0.717) is 18.4 Å². The molecule has 2 fully saturated rings. The molecule has 0 aromatic carbocycles. The molecule has 0 radical (unpaired) electrons. The maximum atomic E-state index is 11.3. The van der Waals surface area contributed by atoms with Crippen LogP contribution in [0.2, 0.25) is 0 Å². The molecule has 0 aromatic heterocycles. The molecule has 0 aromatic rings. The van der Waals surface area contributed by atoms with E-state index in [0.717, 1.165) is 12.8 Å². The molecule has 0 unspecified atom stereocenters. The number of hydrogen-bond donors (Lipinski definition) is 0. The van der Waals surface area contributed by atoms with Crippen LogP contribution in [0.25, 0.3) is 0 Å². The summed E-state index contributed by atoms with van der Waals surface area (Å²) in [7, 11) is 0. The van der Waals surface area contributed by atoms with Crippen molar-refractivity contribution in [1.82, 2.24) is 0 Å². The number of ether oxygens (including phenoxy) is 1. The Morgan fingerprint density at radius 3 is 3.00 bits per heavy atom. The zero-order valence-corrected chi connectivity index (χ0v) is 8.08. The van der Waals surface area contributed by atoms with Crippen molar-refractivity contribution in [2.45, 2.75) is 26.2 Å². The quantitative estimate of drug-likeness (QED) is 0.456. The van der Waals surface area contributed by atoms with Crippen LogP contribution in [0.3, 0.4) is 0 Å². The Bertz CT molecular complexity index is 244. The van der Waals surface area contributed by atoms with Gasteiger partial charge in [-0.15, -0.1) is 0 Å². The minimum Gasteiger partial charge on any atom is -0.465 e. The van der Waals surface area contributed by atoms with Crippen molar-refractivity contribution in [3.05, 3.63) is 12.2 Å². The number of cyclic esters (lactones) is 1. The lowest BCUT2D eigenvalue weighted by atomic mass is 9.73. The molecule has 2 heteroatoms. The van der Waals surface area contributed by atoms with Crippen molar-refractivity contribution in [3.8, 4) is 0 Å². The van der Waals surface area contributed by atoms with E-state index in [1.165, 1.54) is 12.0 Å². The zero-order valence-electron chi connectivity index (χ0n) is 8.08. The third kappa shape index (κ3) is 1.50. The monoisotopic (exact) mass is 180 g/mol. The summed E-state index contributed by atoms with van der Waals surface area (Å²) in [5.41, 5.74) is 1.22. The molecule has 1 aliphatic heterocycles. The van der Waals surface area contributed by atoms with E-state index in [1.807, 2.05) is 0 Å². The van der Waals surface area contributed by atoms with Gasteiger partial charge in [0.25, 0.3) is 0 Å². The summed E-state index contributed by atoms with van der Waals surface area (Å²) in [4.78, 5) is 11.3. The Morgan fingerprint density at radius 1 is 1.54 bits per heavy atom. The van der Waals surface area contributed by atoms with Gasteiger partial charge in [0.15, 0.2) is 0 Å². The highest BCUT2D eigenvalue weighted by Gasteiger charge is 2.41. The lowest BCUT2D eigenvalue weighted by Gasteiger charge is -2.28. The van der Waals surface area contributed by atoms with E-state index in [1.54, 1.807) is 0 Å². The average Bonchev–Trinajstić information content (AvgIpc) is 2.47. The standard InChI is InChI=1S/C11H16O2/c1-7(2)8-3-4-9-6-13-11(12)10(9)5-8/h8-10H,1,3-6H2,2H3/t8-,9+,10+/m0/s1. The van der Waals surface area contributed by atoms with Gasteiger partial charge in [0.1, 0.15) is 0 Å². The molecule has 1 saturated carbocycles. The minimum absolute atomic E-state index is 0.0240. The molecule has 2 aliphatic rings. The third-order valence-corrected chi connectivity index (χ3v) is 3.43. The number of rotatable bonds is 1. The Kier molecular flexibility index (Phi) is 2.14. The van der Waals surface area contributed by atoms with E-state index < -0.39 is 0 Å². The largest absolute Gasteiger partial charge is 0.465 e. The lowest BCUT2D eigenvalue weighted by Crippen LogP contribution is -2.26. The summed E-state index contributed by atoms with van der Waals surface area (Å²) in [5.74, 6) is 1.25. The van der Waals surface area contributed by atoms with Gasteiger partial charge in [-0.2, -0.15) is 0 Å². The zero-order chi connectivity index (χ0) is 9.42. The molecular formula is C11H16O2. The molecule has 2 rings (SSSR count). The number of allylic oxidation sites excluding steroid dienone is 1. The summed E-state index contributed by atoms with van der Waals surface area (Å²) in [6.45, 7) is 6.69. The van der Waals surface area contributed by atoms with Crippen molar-refractivity contribution in [2.75, 3.05) is 6.61 Å². The molecule has 72 valence electrons. The number of esters is 1. The first-order chi connectivity index (χ1) is 6.18. The summed E-state index contributed by atoms with van der Waals surface area (Å²) in [6, 6.07) is 0. The van der Waals surface area contributed by atoms with E-state index in [9.17, 15) is 4.79 Å². The number of hydrogen-bond acceptors (Lipinski definition) is 2. The molecule has 0 amide bonds. The maximum absolute atomic E-state index is 11.3. The van der Waals surface area contributed by atoms with Gasteiger partial charge in [0, 0.05) is 5.92 Å². The van der Waals surface area contributed by atoms with Crippen LogP contribution in [0, 0.1) is 17.8 Å². The first-order valence-electron chi connectivity index (χ1n) is 5.00. The van der Waals surface area contributed by atoms with Crippen molar-refractivity contribution in [3.63, 3.8) is 0 Å². The summed E-state index contributed by atoms with van der Waals surface area (Å²) in [5, 5.41) is 0. The van der Waals surface area contributed by atoms with Gasteiger partial charge in [-0.3, -0.25) is 4.79 Å². The Balaban J connectivity index is 2.05. The fourth-order valence-corrected chi connectivity index (χ4v) is 2.47. The predicted octanol–water partition coefficient (Wildman–Crippen LogP) is 2.15.